The topological polar surface area (TPSA) is 20.2 Å². The summed E-state index contributed by atoms with van der Waals surface area (Å²) in [5.74, 6) is -4.84. The average Bonchev–Trinajstić information content (AvgIpc) is 2.52. The van der Waals surface area contributed by atoms with Crippen LogP contribution in [0.3, 0.4) is 0 Å². The van der Waals surface area contributed by atoms with Gasteiger partial charge in [-0.1, -0.05) is 68.7 Å². The van der Waals surface area contributed by atoms with Crippen molar-refractivity contribution in [3.8, 4) is 0 Å². The van der Waals surface area contributed by atoms with Crippen LogP contribution in [0.5, 0.6) is 0 Å². The molecule has 0 saturated heterocycles. The molecule has 0 aliphatic carbocycles. The molecular weight excluding hydrogens is 358 g/mol. The molecule has 0 saturated carbocycles. The maximum atomic E-state index is 12.2. The van der Waals surface area contributed by atoms with E-state index in [0.717, 1.165) is 14.0 Å². The molecular formula is C19H42F6O. The minimum Gasteiger partial charge on any atom is -0.400 e. The summed E-state index contributed by atoms with van der Waals surface area (Å²) in [5, 5.41) is 7.00. The van der Waals surface area contributed by atoms with E-state index in [1.807, 2.05) is 27.7 Å². The van der Waals surface area contributed by atoms with Crippen molar-refractivity contribution < 1.29 is 31.4 Å². The Morgan fingerprint density at radius 1 is 0.731 bits per heavy atom. The normalized spacial score (nSPS) is 10.9. The summed E-state index contributed by atoms with van der Waals surface area (Å²) in [6.07, 6.45) is -9.27. The van der Waals surface area contributed by atoms with Crippen LogP contribution in [0.15, 0.2) is 13.2 Å². The molecule has 0 heterocycles. The van der Waals surface area contributed by atoms with Crippen LogP contribution in [0.2, 0.25) is 0 Å². The standard InChI is InChI=1S/C9H14F6.C3H8.2C2H6.C2H4.CH4O/c1-5(2)4-6(3)7(8(10,11)12)9(13,14)15;1-3-2;4*1-2/h5-7H,4H2,1-3H3;3H2,1-2H3;2*1-2H3;1-2H2;2H,1H3. The van der Waals surface area contributed by atoms with Crippen molar-refractivity contribution in [3.63, 3.8) is 0 Å². The van der Waals surface area contributed by atoms with E-state index in [9.17, 15) is 26.3 Å². The molecule has 0 radical (unpaired) electrons. The molecule has 7 heteroatoms. The number of rotatable bonds is 3. The van der Waals surface area contributed by atoms with Crippen LogP contribution in [0.1, 0.15) is 75.2 Å². The van der Waals surface area contributed by atoms with Crippen LogP contribution in [-0.2, 0) is 0 Å². The van der Waals surface area contributed by atoms with Gasteiger partial charge < -0.3 is 5.11 Å². The summed E-state index contributed by atoms with van der Waals surface area (Å²) >= 11 is 0. The Bertz CT molecular complexity index is 211. The molecule has 0 aliphatic rings. The number of alkyl halides is 6. The molecule has 1 nitrogen and oxygen atoms in total. The third-order valence-corrected chi connectivity index (χ3v) is 2.12. The average molecular weight is 401 g/mol. The maximum Gasteiger partial charge on any atom is 0.400 e. The first-order valence-electron chi connectivity index (χ1n) is 8.95. The second kappa shape index (κ2) is 26.5. The lowest BCUT2D eigenvalue weighted by atomic mass is 9.86. The molecule has 0 rings (SSSR count). The highest BCUT2D eigenvalue weighted by Gasteiger charge is 2.58. The molecule has 0 bridgehead atoms. The Kier molecular flexibility index (Phi) is 40.9. The number of aliphatic hydroxyl groups excluding tert-OH is 1. The summed E-state index contributed by atoms with van der Waals surface area (Å²) in [6.45, 7) is 22.4. The number of halogens is 6. The molecule has 166 valence electrons. The van der Waals surface area contributed by atoms with Crippen LogP contribution in [-0.4, -0.2) is 24.6 Å². The fraction of sp³-hybridized carbons (Fsp3) is 0.895. The van der Waals surface area contributed by atoms with E-state index >= 15 is 0 Å². The summed E-state index contributed by atoms with van der Waals surface area (Å²) in [7, 11) is 1.00. The molecule has 0 aliphatic heterocycles. The van der Waals surface area contributed by atoms with Crippen LogP contribution in [0, 0.1) is 17.8 Å². The van der Waals surface area contributed by atoms with Gasteiger partial charge in [0.05, 0.1) is 0 Å². The molecule has 1 atom stereocenters. The van der Waals surface area contributed by atoms with Gasteiger partial charge in [-0.25, -0.2) is 0 Å². The first kappa shape index (κ1) is 40.1. The highest BCUT2D eigenvalue weighted by atomic mass is 19.4. The van der Waals surface area contributed by atoms with Crippen molar-refractivity contribution in [3.05, 3.63) is 13.2 Å². The minimum atomic E-state index is -5.22. The van der Waals surface area contributed by atoms with Crippen LogP contribution in [0.4, 0.5) is 26.3 Å². The fourth-order valence-corrected chi connectivity index (χ4v) is 1.71. The monoisotopic (exact) mass is 400 g/mol. The van der Waals surface area contributed by atoms with E-state index in [-0.39, 0.29) is 12.3 Å². The zero-order valence-electron chi connectivity index (χ0n) is 18.3. The van der Waals surface area contributed by atoms with E-state index < -0.39 is 24.2 Å². The van der Waals surface area contributed by atoms with E-state index in [1.54, 1.807) is 13.8 Å². The molecule has 0 aromatic rings. The number of aliphatic hydroxyl groups is 1. The van der Waals surface area contributed by atoms with Gasteiger partial charge in [0.1, 0.15) is 0 Å². The Balaban J connectivity index is -0.0000000763. The number of hydrogen-bond acceptors (Lipinski definition) is 1. The van der Waals surface area contributed by atoms with Crippen molar-refractivity contribution >= 4 is 0 Å². The number of hydrogen-bond donors (Lipinski definition) is 1. The van der Waals surface area contributed by atoms with Gasteiger partial charge in [-0.3, -0.25) is 0 Å². The molecule has 0 fully saturated rings. The fourth-order valence-electron chi connectivity index (χ4n) is 1.71. The summed E-state index contributed by atoms with van der Waals surface area (Å²) in [6, 6.07) is 0. The molecule has 0 amide bonds. The third-order valence-electron chi connectivity index (χ3n) is 2.12. The lowest BCUT2D eigenvalue weighted by Gasteiger charge is -2.29. The Morgan fingerprint density at radius 2 is 0.923 bits per heavy atom. The second-order valence-electron chi connectivity index (χ2n) is 4.87. The zero-order chi connectivity index (χ0) is 23.1. The van der Waals surface area contributed by atoms with Gasteiger partial charge in [0.2, 0.25) is 0 Å². The maximum absolute atomic E-state index is 12.2. The van der Waals surface area contributed by atoms with Crippen molar-refractivity contribution in [2.75, 3.05) is 7.11 Å². The lowest BCUT2D eigenvalue weighted by Crippen LogP contribution is -2.41. The molecule has 0 aromatic carbocycles. The predicted octanol–water partition coefficient (Wildman–Crippen LogP) is 8.29. The van der Waals surface area contributed by atoms with Gasteiger partial charge in [0.25, 0.3) is 0 Å². The van der Waals surface area contributed by atoms with Gasteiger partial charge in [0, 0.05) is 7.11 Å². The highest BCUT2D eigenvalue weighted by Crippen LogP contribution is 2.45. The predicted molar refractivity (Wildman–Crippen MR) is 102 cm³/mol. The lowest BCUT2D eigenvalue weighted by molar-refractivity contribution is -0.298. The van der Waals surface area contributed by atoms with E-state index in [0.29, 0.717) is 0 Å². The van der Waals surface area contributed by atoms with Crippen molar-refractivity contribution in [2.45, 2.75) is 87.5 Å². The van der Waals surface area contributed by atoms with E-state index in [1.165, 1.54) is 6.42 Å². The smallest absolute Gasteiger partial charge is 0.400 e. The van der Waals surface area contributed by atoms with Crippen LogP contribution in [0.25, 0.3) is 0 Å². The van der Waals surface area contributed by atoms with E-state index in [4.69, 9.17) is 5.11 Å². The molecule has 1 unspecified atom stereocenters. The van der Waals surface area contributed by atoms with Crippen LogP contribution >= 0.6 is 0 Å². The van der Waals surface area contributed by atoms with Gasteiger partial charge in [-0.2, -0.15) is 26.3 Å². The van der Waals surface area contributed by atoms with Gasteiger partial charge >= 0.3 is 12.4 Å². The SMILES string of the molecule is C=C.CC.CC.CC(C)CC(C)C(C(F)(F)F)C(F)(F)F.CCC.CO. The summed E-state index contributed by atoms with van der Waals surface area (Å²) in [5.41, 5.74) is 0. The Hall–Kier alpha value is -0.720. The zero-order valence-corrected chi connectivity index (χ0v) is 18.3. The van der Waals surface area contributed by atoms with Crippen molar-refractivity contribution in [1.82, 2.24) is 0 Å². The summed E-state index contributed by atoms with van der Waals surface area (Å²) < 4.78 is 73.2. The Morgan fingerprint density at radius 3 is 1.04 bits per heavy atom. The van der Waals surface area contributed by atoms with E-state index in [2.05, 4.69) is 27.0 Å². The Labute approximate surface area is 157 Å². The minimum absolute atomic E-state index is 0.0936. The molecule has 0 aromatic heterocycles. The molecule has 1 N–H and O–H groups in total. The van der Waals surface area contributed by atoms with Gasteiger partial charge in [-0.15, -0.1) is 13.2 Å². The summed E-state index contributed by atoms with van der Waals surface area (Å²) in [4.78, 5) is 0. The van der Waals surface area contributed by atoms with Crippen molar-refractivity contribution in [2.24, 2.45) is 17.8 Å². The first-order valence-corrected chi connectivity index (χ1v) is 8.95. The highest BCUT2D eigenvalue weighted by molar-refractivity contribution is 4.80. The van der Waals surface area contributed by atoms with Crippen molar-refractivity contribution in [1.29, 1.82) is 0 Å². The molecule has 0 spiro atoms. The van der Waals surface area contributed by atoms with Crippen LogP contribution < -0.4 is 0 Å². The largest absolute Gasteiger partial charge is 0.400 e. The third kappa shape index (κ3) is 31.1. The first-order chi connectivity index (χ1) is 11.9. The van der Waals surface area contributed by atoms with Gasteiger partial charge in [0.15, 0.2) is 5.92 Å². The molecule has 26 heavy (non-hydrogen) atoms. The second-order valence-corrected chi connectivity index (χ2v) is 4.87. The van der Waals surface area contributed by atoms with Gasteiger partial charge in [-0.05, 0) is 18.3 Å². The quantitative estimate of drug-likeness (QED) is 0.373.